The van der Waals surface area contributed by atoms with E-state index < -0.39 is 5.97 Å². The molecule has 0 saturated heterocycles. The Balaban J connectivity index is 2.02. The van der Waals surface area contributed by atoms with Gasteiger partial charge in [-0.25, -0.2) is 4.79 Å². The number of benzene rings is 1. The predicted molar refractivity (Wildman–Crippen MR) is 70.4 cm³/mol. The van der Waals surface area contributed by atoms with Gasteiger partial charge in [-0.15, -0.1) is 0 Å². The molecule has 0 aliphatic heterocycles. The van der Waals surface area contributed by atoms with Crippen LogP contribution in [0.3, 0.4) is 0 Å². The number of halogens is 2. The summed E-state index contributed by atoms with van der Waals surface area (Å²) < 4.78 is 9.89. The van der Waals surface area contributed by atoms with E-state index in [9.17, 15) is 4.79 Å². The van der Waals surface area contributed by atoms with Gasteiger partial charge in [-0.2, -0.15) is 4.37 Å². The van der Waals surface area contributed by atoms with Crippen molar-refractivity contribution in [2.24, 2.45) is 0 Å². The van der Waals surface area contributed by atoms with Gasteiger partial charge in [0.25, 0.3) is 0 Å². The number of ether oxygens (including phenoxy) is 1. The van der Waals surface area contributed by atoms with E-state index in [4.69, 9.17) is 16.3 Å². The van der Waals surface area contributed by atoms with Crippen LogP contribution in [0.15, 0.2) is 34.1 Å². The van der Waals surface area contributed by atoms with Crippen LogP contribution in [0.5, 0.6) is 0 Å². The molecule has 0 bridgehead atoms. The summed E-state index contributed by atoms with van der Waals surface area (Å²) in [6, 6.07) is 6.74. The van der Waals surface area contributed by atoms with Gasteiger partial charge in [-0.1, -0.05) is 11.6 Å². The van der Waals surface area contributed by atoms with E-state index in [-0.39, 0.29) is 6.61 Å². The summed E-state index contributed by atoms with van der Waals surface area (Å²) in [5, 5.41) is 2.31. The lowest BCUT2D eigenvalue weighted by molar-refractivity contribution is 0.0469. The molecule has 0 spiro atoms. The van der Waals surface area contributed by atoms with Crippen LogP contribution >= 0.6 is 39.1 Å². The first kappa shape index (κ1) is 12.5. The Kier molecular flexibility index (Phi) is 4.15. The summed E-state index contributed by atoms with van der Waals surface area (Å²) in [7, 11) is 0. The average molecular weight is 333 g/mol. The maximum absolute atomic E-state index is 11.7. The third-order valence-corrected chi connectivity index (χ3v) is 3.83. The lowest BCUT2D eigenvalue weighted by atomic mass is 10.2. The second-order valence-corrected chi connectivity index (χ2v) is 5.12. The predicted octanol–water partition coefficient (Wildman–Crippen LogP) is 3.92. The van der Waals surface area contributed by atoms with Gasteiger partial charge in [0.15, 0.2) is 0 Å². The zero-order valence-corrected chi connectivity index (χ0v) is 11.7. The molecular formula is C11H7BrClNO2S. The first-order chi connectivity index (χ1) is 8.16. The topological polar surface area (TPSA) is 39.2 Å². The second kappa shape index (κ2) is 5.62. The van der Waals surface area contributed by atoms with Crippen LogP contribution in [-0.2, 0) is 11.3 Å². The van der Waals surface area contributed by atoms with Crippen molar-refractivity contribution in [3.05, 3.63) is 50.4 Å². The first-order valence-electron chi connectivity index (χ1n) is 4.68. The summed E-state index contributed by atoms with van der Waals surface area (Å²) in [5.74, 6) is -0.410. The van der Waals surface area contributed by atoms with Gasteiger partial charge < -0.3 is 4.74 Å². The molecule has 1 heterocycles. The third-order valence-electron chi connectivity index (χ3n) is 2.00. The van der Waals surface area contributed by atoms with Crippen molar-refractivity contribution in [2.45, 2.75) is 6.61 Å². The largest absolute Gasteiger partial charge is 0.456 e. The quantitative estimate of drug-likeness (QED) is 0.800. The Morgan fingerprint density at radius 3 is 2.94 bits per heavy atom. The molecule has 1 aromatic carbocycles. The van der Waals surface area contributed by atoms with E-state index in [0.717, 1.165) is 10.2 Å². The van der Waals surface area contributed by atoms with Crippen molar-refractivity contribution >= 4 is 45.0 Å². The number of hydrogen-bond donors (Lipinski definition) is 0. The fraction of sp³-hybridized carbons (Fsp3) is 0.0909. The van der Waals surface area contributed by atoms with E-state index >= 15 is 0 Å². The summed E-state index contributed by atoms with van der Waals surface area (Å²) in [4.78, 5) is 11.7. The zero-order valence-electron chi connectivity index (χ0n) is 8.52. The average Bonchev–Trinajstić information content (AvgIpc) is 2.82. The molecule has 2 rings (SSSR count). The van der Waals surface area contributed by atoms with Crippen molar-refractivity contribution in [2.75, 3.05) is 0 Å². The number of carbonyl (C=O) groups is 1. The first-order valence-corrected chi connectivity index (χ1v) is 6.69. The van der Waals surface area contributed by atoms with E-state index in [1.165, 1.54) is 11.5 Å². The number of esters is 1. The van der Waals surface area contributed by atoms with Gasteiger partial charge in [0.1, 0.15) is 6.61 Å². The molecule has 88 valence electrons. The molecule has 0 aliphatic carbocycles. The molecule has 0 aliphatic rings. The van der Waals surface area contributed by atoms with Crippen LogP contribution in [0.2, 0.25) is 5.02 Å². The van der Waals surface area contributed by atoms with E-state index in [2.05, 4.69) is 20.3 Å². The molecule has 6 heteroatoms. The SMILES string of the molecule is O=C(OCc1ccsn1)c1ccc(Br)c(Cl)c1. The highest BCUT2D eigenvalue weighted by Gasteiger charge is 2.09. The molecule has 0 N–H and O–H groups in total. The minimum Gasteiger partial charge on any atom is -0.456 e. The van der Waals surface area contributed by atoms with Gasteiger partial charge in [0.2, 0.25) is 0 Å². The van der Waals surface area contributed by atoms with Crippen LogP contribution in [0.25, 0.3) is 0 Å². The molecule has 1 aromatic heterocycles. The third kappa shape index (κ3) is 3.28. The van der Waals surface area contributed by atoms with Crippen molar-refractivity contribution in [3.63, 3.8) is 0 Å². The Morgan fingerprint density at radius 2 is 2.29 bits per heavy atom. The molecule has 0 radical (unpaired) electrons. The zero-order chi connectivity index (χ0) is 12.3. The van der Waals surface area contributed by atoms with Crippen molar-refractivity contribution in [1.82, 2.24) is 4.37 Å². The van der Waals surface area contributed by atoms with Crippen molar-refractivity contribution in [1.29, 1.82) is 0 Å². The van der Waals surface area contributed by atoms with Gasteiger partial charge in [0, 0.05) is 9.85 Å². The molecule has 0 amide bonds. The molecule has 2 aromatic rings. The van der Waals surface area contributed by atoms with Gasteiger partial charge >= 0.3 is 5.97 Å². The molecule has 0 atom stereocenters. The minimum absolute atomic E-state index is 0.177. The van der Waals surface area contributed by atoms with Gasteiger partial charge in [0.05, 0.1) is 16.3 Å². The van der Waals surface area contributed by atoms with Crippen LogP contribution < -0.4 is 0 Å². The molecular weight excluding hydrogens is 326 g/mol. The molecule has 0 unspecified atom stereocenters. The maximum Gasteiger partial charge on any atom is 0.338 e. The number of aromatic nitrogens is 1. The molecule has 0 saturated carbocycles. The fourth-order valence-corrected chi connectivity index (χ4v) is 2.11. The monoisotopic (exact) mass is 331 g/mol. The summed E-state index contributed by atoms with van der Waals surface area (Å²) in [6.07, 6.45) is 0. The Morgan fingerprint density at radius 1 is 1.47 bits per heavy atom. The summed E-state index contributed by atoms with van der Waals surface area (Å²) in [6.45, 7) is 0.177. The van der Waals surface area contributed by atoms with Gasteiger partial charge in [-0.3, -0.25) is 0 Å². The standard InChI is InChI=1S/C11H7BrClNO2S/c12-9-2-1-7(5-10(9)13)11(15)16-6-8-3-4-17-14-8/h1-5H,6H2. The van der Waals surface area contributed by atoms with Crippen LogP contribution in [0.4, 0.5) is 0 Å². The smallest absolute Gasteiger partial charge is 0.338 e. The van der Waals surface area contributed by atoms with Crippen LogP contribution in [0.1, 0.15) is 16.1 Å². The van der Waals surface area contributed by atoms with E-state index in [1.807, 2.05) is 11.4 Å². The Labute approximate surface area is 116 Å². The van der Waals surface area contributed by atoms with Crippen LogP contribution in [0, 0.1) is 0 Å². The lowest BCUT2D eigenvalue weighted by Gasteiger charge is -2.04. The number of hydrogen-bond acceptors (Lipinski definition) is 4. The second-order valence-electron chi connectivity index (χ2n) is 3.20. The normalized spacial score (nSPS) is 10.2. The van der Waals surface area contributed by atoms with E-state index in [0.29, 0.717) is 10.6 Å². The highest BCUT2D eigenvalue weighted by atomic mass is 79.9. The number of rotatable bonds is 3. The van der Waals surface area contributed by atoms with Crippen molar-refractivity contribution < 1.29 is 9.53 Å². The molecule has 0 fully saturated rings. The maximum atomic E-state index is 11.7. The van der Waals surface area contributed by atoms with Crippen molar-refractivity contribution in [3.8, 4) is 0 Å². The summed E-state index contributed by atoms with van der Waals surface area (Å²) >= 11 is 10.5. The minimum atomic E-state index is -0.410. The lowest BCUT2D eigenvalue weighted by Crippen LogP contribution is -2.05. The summed E-state index contributed by atoms with van der Waals surface area (Å²) in [5.41, 5.74) is 1.17. The highest BCUT2D eigenvalue weighted by Crippen LogP contribution is 2.23. The molecule has 17 heavy (non-hydrogen) atoms. The molecule has 3 nitrogen and oxygen atoms in total. The highest BCUT2D eigenvalue weighted by molar-refractivity contribution is 9.10. The van der Waals surface area contributed by atoms with Crippen LogP contribution in [-0.4, -0.2) is 10.3 Å². The fourth-order valence-electron chi connectivity index (χ4n) is 1.16. The Bertz CT molecular complexity index is 530. The number of nitrogens with zero attached hydrogens (tertiary/aromatic N) is 1. The Hall–Kier alpha value is -0.910. The van der Waals surface area contributed by atoms with Gasteiger partial charge in [-0.05, 0) is 51.7 Å². The number of carbonyl (C=O) groups excluding carboxylic acids is 1. The van der Waals surface area contributed by atoms with E-state index in [1.54, 1.807) is 18.2 Å².